The first-order valence-electron chi connectivity index (χ1n) is 10.1. The van der Waals surface area contributed by atoms with Crippen LogP contribution in [0.25, 0.3) is 11.1 Å². The number of benzene rings is 2. The summed E-state index contributed by atoms with van der Waals surface area (Å²) in [5.74, 6) is 0.984. The van der Waals surface area contributed by atoms with Gasteiger partial charge in [0.25, 0.3) is 0 Å². The van der Waals surface area contributed by atoms with E-state index in [4.69, 9.17) is 4.74 Å². The molecule has 0 heterocycles. The highest BCUT2D eigenvalue weighted by Crippen LogP contribution is 2.28. The molecule has 0 bridgehead atoms. The van der Waals surface area contributed by atoms with Crippen molar-refractivity contribution in [2.75, 3.05) is 20.4 Å². The minimum atomic E-state index is -0.989. The maximum Gasteiger partial charge on any atom is 0.223 e. The molecule has 1 saturated carbocycles. The predicted octanol–water partition coefficient (Wildman–Crippen LogP) is 3.49. The van der Waals surface area contributed by atoms with Crippen LogP contribution in [0.1, 0.15) is 31.2 Å². The Labute approximate surface area is 175 Å². The van der Waals surface area contributed by atoms with Gasteiger partial charge in [0, 0.05) is 46.0 Å². The summed E-state index contributed by atoms with van der Waals surface area (Å²) in [4.78, 5) is 13.4. The smallest absolute Gasteiger partial charge is 0.223 e. The van der Waals surface area contributed by atoms with Gasteiger partial charge in [-0.3, -0.25) is 9.00 Å². The minimum absolute atomic E-state index is 0.0937. The fraction of sp³-hybridized carbons (Fsp3) is 0.435. The molecule has 0 aliphatic heterocycles. The molecule has 1 fully saturated rings. The van der Waals surface area contributed by atoms with Gasteiger partial charge in [0.1, 0.15) is 5.75 Å². The molecule has 1 aliphatic rings. The molecular formula is C23H30N2O3S. The number of hydrogen-bond donors (Lipinski definition) is 2. The van der Waals surface area contributed by atoms with Gasteiger partial charge in [0.15, 0.2) is 0 Å². The molecular weight excluding hydrogens is 384 g/mol. The van der Waals surface area contributed by atoms with Crippen LogP contribution in [0, 0.1) is 5.92 Å². The van der Waals surface area contributed by atoms with E-state index in [9.17, 15) is 9.00 Å². The van der Waals surface area contributed by atoms with Gasteiger partial charge in [-0.1, -0.05) is 18.2 Å². The summed E-state index contributed by atoms with van der Waals surface area (Å²) in [6.45, 7) is 0.443. The van der Waals surface area contributed by atoms with Gasteiger partial charge in [-0.05, 0) is 68.1 Å². The average Bonchev–Trinajstić information content (AvgIpc) is 2.77. The van der Waals surface area contributed by atoms with Crippen LogP contribution in [0.4, 0.5) is 0 Å². The molecule has 1 aliphatic carbocycles. The molecule has 5 nitrogen and oxygen atoms in total. The standard InChI is InChI=1S/C23H30N2O3S/c1-24-20-9-4-17(5-10-20)23(26)25-15-19-14-18(8-13-22(19)28-2)16-6-11-21(12-7-16)29(3)27/h6-8,11-14,17,20,24H,4-5,9-10,15H2,1-3H3,(H,25,26). The third kappa shape index (κ3) is 5.46. The Balaban J connectivity index is 1.69. The highest BCUT2D eigenvalue weighted by Gasteiger charge is 2.25. The third-order valence-corrected chi connectivity index (χ3v) is 6.70. The summed E-state index contributed by atoms with van der Waals surface area (Å²) < 4.78 is 17.1. The van der Waals surface area contributed by atoms with Gasteiger partial charge in [-0.2, -0.15) is 0 Å². The first kappa shape index (κ1) is 21.5. The molecule has 1 amide bonds. The van der Waals surface area contributed by atoms with Gasteiger partial charge in [0.05, 0.1) is 7.11 Å². The van der Waals surface area contributed by atoms with Crippen molar-refractivity contribution < 1.29 is 13.7 Å². The highest BCUT2D eigenvalue weighted by atomic mass is 32.2. The van der Waals surface area contributed by atoms with Crippen molar-refractivity contribution in [3.8, 4) is 16.9 Å². The Bertz CT molecular complexity index is 859. The number of ether oxygens (including phenoxy) is 1. The van der Waals surface area contributed by atoms with Crippen molar-refractivity contribution >= 4 is 16.7 Å². The number of carbonyl (C=O) groups is 1. The predicted molar refractivity (Wildman–Crippen MR) is 117 cm³/mol. The minimum Gasteiger partial charge on any atom is -0.496 e. The number of carbonyl (C=O) groups excluding carboxylic acids is 1. The largest absolute Gasteiger partial charge is 0.496 e. The van der Waals surface area contributed by atoms with E-state index >= 15 is 0 Å². The van der Waals surface area contributed by atoms with Crippen LogP contribution in [0.5, 0.6) is 5.75 Å². The molecule has 0 spiro atoms. The van der Waals surface area contributed by atoms with E-state index in [0.717, 1.165) is 53.0 Å². The third-order valence-electron chi connectivity index (χ3n) is 5.76. The van der Waals surface area contributed by atoms with Crippen molar-refractivity contribution in [2.45, 2.75) is 43.2 Å². The monoisotopic (exact) mass is 414 g/mol. The normalized spacial score (nSPS) is 20.1. The number of amides is 1. The average molecular weight is 415 g/mol. The summed E-state index contributed by atoms with van der Waals surface area (Å²) in [6.07, 6.45) is 5.63. The van der Waals surface area contributed by atoms with Gasteiger partial charge < -0.3 is 15.4 Å². The van der Waals surface area contributed by atoms with Gasteiger partial charge >= 0.3 is 0 Å². The first-order valence-corrected chi connectivity index (χ1v) is 11.6. The number of rotatable bonds is 7. The van der Waals surface area contributed by atoms with E-state index in [-0.39, 0.29) is 11.8 Å². The second-order valence-corrected chi connectivity index (χ2v) is 8.94. The lowest BCUT2D eigenvalue weighted by Crippen LogP contribution is -2.37. The molecule has 2 N–H and O–H groups in total. The number of nitrogens with one attached hydrogen (secondary N) is 2. The summed E-state index contributed by atoms with van der Waals surface area (Å²) in [7, 11) is 2.64. The molecule has 2 aromatic rings. The lowest BCUT2D eigenvalue weighted by molar-refractivity contribution is -0.126. The summed E-state index contributed by atoms with van der Waals surface area (Å²) >= 11 is 0. The molecule has 1 atom stereocenters. The van der Waals surface area contributed by atoms with Crippen molar-refractivity contribution in [3.05, 3.63) is 48.0 Å². The Morgan fingerprint density at radius 2 is 1.72 bits per heavy atom. The molecule has 1 unspecified atom stereocenters. The van der Waals surface area contributed by atoms with E-state index < -0.39 is 10.8 Å². The molecule has 2 aromatic carbocycles. The summed E-state index contributed by atoms with van der Waals surface area (Å²) in [6, 6.07) is 14.2. The Morgan fingerprint density at radius 1 is 1.07 bits per heavy atom. The van der Waals surface area contributed by atoms with Gasteiger partial charge in [0.2, 0.25) is 5.91 Å². The molecule has 0 aromatic heterocycles. The first-order chi connectivity index (χ1) is 14.0. The Kier molecular flexibility index (Phi) is 7.45. The maximum atomic E-state index is 12.6. The second kappa shape index (κ2) is 10.0. The molecule has 29 heavy (non-hydrogen) atoms. The zero-order valence-electron chi connectivity index (χ0n) is 17.4. The van der Waals surface area contributed by atoms with Crippen molar-refractivity contribution in [1.82, 2.24) is 10.6 Å². The highest BCUT2D eigenvalue weighted by molar-refractivity contribution is 7.84. The molecule has 0 radical (unpaired) electrons. The van der Waals surface area contributed by atoms with E-state index in [0.29, 0.717) is 12.6 Å². The van der Waals surface area contributed by atoms with Crippen LogP contribution in [0.15, 0.2) is 47.4 Å². The summed E-state index contributed by atoms with van der Waals surface area (Å²) in [5.41, 5.74) is 3.03. The van der Waals surface area contributed by atoms with Crippen molar-refractivity contribution in [2.24, 2.45) is 5.92 Å². The van der Waals surface area contributed by atoms with Gasteiger partial charge in [-0.25, -0.2) is 0 Å². The Morgan fingerprint density at radius 3 is 2.31 bits per heavy atom. The quantitative estimate of drug-likeness (QED) is 0.728. The van der Waals surface area contributed by atoms with E-state index in [1.165, 1.54) is 0 Å². The van der Waals surface area contributed by atoms with Crippen LogP contribution < -0.4 is 15.4 Å². The van der Waals surface area contributed by atoms with Crippen LogP contribution in [-0.4, -0.2) is 36.6 Å². The number of methoxy groups -OCH3 is 1. The van der Waals surface area contributed by atoms with Crippen LogP contribution in [0.3, 0.4) is 0 Å². The topological polar surface area (TPSA) is 67.4 Å². The van der Waals surface area contributed by atoms with Crippen LogP contribution in [-0.2, 0) is 22.1 Å². The zero-order chi connectivity index (χ0) is 20.8. The summed E-state index contributed by atoms with van der Waals surface area (Å²) in [5, 5.41) is 6.40. The van der Waals surface area contributed by atoms with E-state index in [1.54, 1.807) is 13.4 Å². The van der Waals surface area contributed by atoms with Crippen LogP contribution >= 0.6 is 0 Å². The fourth-order valence-corrected chi connectivity index (χ4v) is 4.43. The van der Waals surface area contributed by atoms with Crippen molar-refractivity contribution in [1.29, 1.82) is 0 Å². The fourth-order valence-electron chi connectivity index (χ4n) is 3.91. The molecule has 156 valence electrons. The molecule has 3 rings (SSSR count). The molecule has 6 heteroatoms. The van der Waals surface area contributed by atoms with E-state index in [1.807, 2.05) is 43.4 Å². The lowest BCUT2D eigenvalue weighted by atomic mass is 9.85. The van der Waals surface area contributed by atoms with Crippen LogP contribution in [0.2, 0.25) is 0 Å². The van der Waals surface area contributed by atoms with Gasteiger partial charge in [-0.15, -0.1) is 0 Å². The van der Waals surface area contributed by atoms with E-state index in [2.05, 4.69) is 16.7 Å². The zero-order valence-corrected chi connectivity index (χ0v) is 18.2. The maximum absolute atomic E-state index is 12.6. The number of hydrogen-bond acceptors (Lipinski definition) is 4. The Hall–Kier alpha value is -2.18. The SMILES string of the molecule is CNC1CCC(C(=O)NCc2cc(-c3ccc(S(C)=O)cc3)ccc2OC)CC1. The second-order valence-electron chi connectivity index (χ2n) is 7.56. The van der Waals surface area contributed by atoms with Crippen molar-refractivity contribution in [3.63, 3.8) is 0 Å². The lowest BCUT2D eigenvalue weighted by Gasteiger charge is -2.27. The molecule has 0 saturated heterocycles.